The van der Waals surface area contributed by atoms with Crippen molar-refractivity contribution in [2.45, 2.75) is 32.2 Å². The Hall–Kier alpha value is -2.84. The smallest absolute Gasteiger partial charge is 0.234 e. The van der Waals surface area contributed by atoms with Gasteiger partial charge in [0.2, 0.25) is 5.91 Å². The van der Waals surface area contributed by atoms with Gasteiger partial charge in [-0.15, -0.1) is 16.8 Å². The van der Waals surface area contributed by atoms with Crippen molar-refractivity contribution in [2.75, 3.05) is 11.1 Å². The van der Waals surface area contributed by atoms with Crippen LogP contribution in [0, 0.1) is 19.7 Å². The van der Waals surface area contributed by atoms with Gasteiger partial charge in [-0.05, 0) is 43.7 Å². The van der Waals surface area contributed by atoms with Gasteiger partial charge in [0.15, 0.2) is 11.0 Å². The lowest BCUT2D eigenvalue weighted by molar-refractivity contribution is -0.113. The fraction of sp³-hybridized carbons (Fsp3) is 0.227. The van der Waals surface area contributed by atoms with Gasteiger partial charge in [-0.1, -0.05) is 47.1 Å². The second-order valence-electron chi connectivity index (χ2n) is 6.82. The number of halogens is 2. The molecule has 3 rings (SSSR count). The summed E-state index contributed by atoms with van der Waals surface area (Å²) in [5, 5.41) is 12.0. The van der Waals surface area contributed by atoms with Gasteiger partial charge in [0, 0.05) is 12.2 Å². The van der Waals surface area contributed by atoms with Crippen LogP contribution in [-0.4, -0.2) is 26.4 Å². The number of benzene rings is 2. The largest absolute Gasteiger partial charge is 0.484 e. The highest BCUT2D eigenvalue weighted by Crippen LogP contribution is 2.26. The number of hydrogen-bond donors (Lipinski definition) is 1. The predicted octanol–water partition coefficient (Wildman–Crippen LogP) is 5.18. The topological polar surface area (TPSA) is 69.0 Å². The molecule has 0 aliphatic heterocycles. The average molecular weight is 461 g/mol. The van der Waals surface area contributed by atoms with Crippen LogP contribution >= 0.6 is 23.4 Å². The first-order valence-corrected chi connectivity index (χ1v) is 10.8. The molecular weight excluding hydrogens is 439 g/mol. The Morgan fingerprint density at radius 3 is 2.81 bits per heavy atom. The number of amides is 1. The van der Waals surface area contributed by atoms with Crippen LogP contribution in [0.1, 0.15) is 17.0 Å². The number of thioether (sulfide) groups is 1. The predicted molar refractivity (Wildman–Crippen MR) is 121 cm³/mol. The Morgan fingerprint density at radius 1 is 1.29 bits per heavy atom. The van der Waals surface area contributed by atoms with Crippen molar-refractivity contribution in [1.82, 2.24) is 14.8 Å². The molecule has 0 saturated carbocycles. The van der Waals surface area contributed by atoms with Gasteiger partial charge in [0.05, 0.1) is 10.8 Å². The lowest BCUT2D eigenvalue weighted by Gasteiger charge is -2.11. The molecule has 0 unspecified atom stereocenters. The van der Waals surface area contributed by atoms with Crippen molar-refractivity contribution in [1.29, 1.82) is 0 Å². The molecule has 0 radical (unpaired) electrons. The van der Waals surface area contributed by atoms with E-state index in [2.05, 4.69) is 22.1 Å². The number of hydrogen-bond acceptors (Lipinski definition) is 5. The molecule has 6 nitrogen and oxygen atoms in total. The number of nitrogens with one attached hydrogen (secondary N) is 1. The number of carbonyl (C=O) groups excluding carboxylic acids is 1. The zero-order valence-electron chi connectivity index (χ0n) is 17.2. The number of carbonyl (C=O) groups is 1. The Labute approximate surface area is 189 Å². The molecule has 162 valence electrons. The average Bonchev–Trinajstić information content (AvgIpc) is 3.10. The zero-order chi connectivity index (χ0) is 22.4. The van der Waals surface area contributed by atoms with E-state index in [-0.39, 0.29) is 23.3 Å². The van der Waals surface area contributed by atoms with Gasteiger partial charge in [-0.25, -0.2) is 4.39 Å². The third-order valence-corrected chi connectivity index (χ3v) is 5.61. The molecule has 0 aliphatic rings. The van der Waals surface area contributed by atoms with E-state index in [0.717, 1.165) is 16.8 Å². The molecule has 2 aromatic carbocycles. The molecule has 0 spiro atoms. The lowest BCUT2D eigenvalue weighted by atomic mass is 10.1. The van der Waals surface area contributed by atoms with E-state index >= 15 is 0 Å². The van der Waals surface area contributed by atoms with E-state index in [0.29, 0.717) is 23.3 Å². The molecule has 0 bridgehead atoms. The van der Waals surface area contributed by atoms with Crippen LogP contribution in [0.15, 0.2) is 54.2 Å². The number of allylic oxidation sites excluding steroid dienone is 1. The van der Waals surface area contributed by atoms with Crippen molar-refractivity contribution in [3.8, 4) is 5.75 Å². The molecule has 31 heavy (non-hydrogen) atoms. The highest BCUT2D eigenvalue weighted by atomic mass is 35.5. The van der Waals surface area contributed by atoms with Crippen LogP contribution in [0.5, 0.6) is 5.75 Å². The maximum absolute atomic E-state index is 13.2. The third-order valence-electron chi connectivity index (χ3n) is 4.34. The van der Waals surface area contributed by atoms with Crippen LogP contribution < -0.4 is 10.1 Å². The zero-order valence-corrected chi connectivity index (χ0v) is 18.8. The van der Waals surface area contributed by atoms with Crippen LogP contribution in [0.25, 0.3) is 0 Å². The summed E-state index contributed by atoms with van der Waals surface area (Å²) in [6, 6.07) is 9.77. The van der Waals surface area contributed by atoms with Gasteiger partial charge >= 0.3 is 0 Å². The Morgan fingerprint density at radius 2 is 2.10 bits per heavy atom. The second kappa shape index (κ2) is 10.5. The first kappa shape index (κ1) is 22.8. The van der Waals surface area contributed by atoms with E-state index in [1.165, 1.54) is 30.0 Å². The van der Waals surface area contributed by atoms with Crippen molar-refractivity contribution < 1.29 is 13.9 Å². The molecule has 0 saturated heterocycles. The summed E-state index contributed by atoms with van der Waals surface area (Å²) in [5.74, 6) is 0.481. The summed E-state index contributed by atoms with van der Waals surface area (Å²) < 4.78 is 20.7. The molecule has 0 atom stereocenters. The van der Waals surface area contributed by atoms with Crippen molar-refractivity contribution in [2.24, 2.45) is 0 Å². The monoisotopic (exact) mass is 460 g/mol. The molecule has 0 aliphatic carbocycles. The highest BCUT2D eigenvalue weighted by molar-refractivity contribution is 7.99. The summed E-state index contributed by atoms with van der Waals surface area (Å²) in [6.07, 6.45) is 1.71. The van der Waals surface area contributed by atoms with Gasteiger partial charge in [0.25, 0.3) is 0 Å². The van der Waals surface area contributed by atoms with Crippen LogP contribution in [-0.2, 0) is 17.9 Å². The fourth-order valence-electron chi connectivity index (χ4n) is 2.85. The minimum absolute atomic E-state index is 0.0848. The quantitative estimate of drug-likeness (QED) is 0.352. The summed E-state index contributed by atoms with van der Waals surface area (Å²) in [6.45, 7) is 8.25. The molecule has 3 aromatic rings. The third kappa shape index (κ3) is 6.08. The van der Waals surface area contributed by atoms with Crippen molar-refractivity contribution in [3.63, 3.8) is 0 Å². The number of rotatable bonds is 9. The maximum Gasteiger partial charge on any atom is 0.234 e. The van der Waals surface area contributed by atoms with E-state index in [4.69, 9.17) is 16.3 Å². The molecule has 1 aromatic heterocycles. The number of ether oxygens (including phenoxy) is 1. The minimum atomic E-state index is -0.440. The van der Waals surface area contributed by atoms with Gasteiger partial charge in [-0.2, -0.15) is 0 Å². The van der Waals surface area contributed by atoms with E-state index in [1.807, 2.05) is 32.0 Å². The van der Waals surface area contributed by atoms with E-state index < -0.39 is 5.82 Å². The summed E-state index contributed by atoms with van der Waals surface area (Å²) >= 11 is 7.27. The van der Waals surface area contributed by atoms with Crippen LogP contribution in [0.4, 0.5) is 10.1 Å². The standard InChI is InChI=1S/C22H22ClFN4O2S/c1-4-9-28-20(12-30-19-8-6-16(24)11-17(19)23)26-27-22(28)31-13-21(29)25-18-7-5-14(2)10-15(18)3/h4-8,10-11H,1,9,12-13H2,2-3H3,(H,25,29). The van der Waals surface area contributed by atoms with Gasteiger partial charge < -0.3 is 10.1 Å². The number of aryl methyl sites for hydroxylation is 2. The lowest BCUT2D eigenvalue weighted by Crippen LogP contribution is -2.15. The Kier molecular flexibility index (Phi) is 7.70. The van der Waals surface area contributed by atoms with Crippen LogP contribution in [0.3, 0.4) is 0 Å². The summed E-state index contributed by atoms with van der Waals surface area (Å²) in [5.41, 5.74) is 2.93. The second-order valence-corrected chi connectivity index (χ2v) is 8.17. The normalized spacial score (nSPS) is 10.7. The maximum atomic E-state index is 13.2. The molecule has 1 N–H and O–H groups in total. The van der Waals surface area contributed by atoms with E-state index in [1.54, 1.807) is 10.6 Å². The SMILES string of the molecule is C=CCn1c(COc2ccc(F)cc2Cl)nnc1SCC(=O)Nc1ccc(C)cc1C. The summed E-state index contributed by atoms with van der Waals surface area (Å²) in [7, 11) is 0. The Balaban J connectivity index is 1.64. The minimum Gasteiger partial charge on any atom is -0.484 e. The van der Waals surface area contributed by atoms with Crippen molar-refractivity contribution in [3.05, 3.63) is 76.8 Å². The highest BCUT2D eigenvalue weighted by Gasteiger charge is 2.15. The molecule has 9 heteroatoms. The number of nitrogens with zero attached hydrogens (tertiary/aromatic N) is 3. The molecular formula is C22H22ClFN4O2S. The molecule has 0 fully saturated rings. The van der Waals surface area contributed by atoms with Crippen LogP contribution in [0.2, 0.25) is 5.02 Å². The first-order valence-electron chi connectivity index (χ1n) is 9.48. The molecule has 1 amide bonds. The van der Waals surface area contributed by atoms with Gasteiger partial charge in [-0.3, -0.25) is 9.36 Å². The van der Waals surface area contributed by atoms with E-state index in [9.17, 15) is 9.18 Å². The summed E-state index contributed by atoms with van der Waals surface area (Å²) in [4.78, 5) is 12.4. The fourth-order valence-corrected chi connectivity index (χ4v) is 3.84. The molecule has 1 heterocycles. The number of aromatic nitrogens is 3. The van der Waals surface area contributed by atoms with Crippen molar-refractivity contribution >= 4 is 35.0 Å². The number of anilines is 1. The first-order chi connectivity index (χ1) is 14.9. The van der Waals surface area contributed by atoms with Gasteiger partial charge in [0.1, 0.15) is 18.2 Å². The Bertz CT molecular complexity index is 1100.